The van der Waals surface area contributed by atoms with Crippen LogP contribution in [0.3, 0.4) is 0 Å². The fourth-order valence-corrected chi connectivity index (χ4v) is 5.47. The fourth-order valence-electron chi connectivity index (χ4n) is 5.28. The van der Waals surface area contributed by atoms with Crippen molar-refractivity contribution in [3.05, 3.63) is 59.1 Å². The van der Waals surface area contributed by atoms with Crippen LogP contribution in [0.1, 0.15) is 25.5 Å². The van der Waals surface area contributed by atoms with E-state index in [2.05, 4.69) is 0 Å². The number of fused-ring (bicyclic) bond motifs is 5. The highest BCUT2D eigenvalue weighted by Gasteiger charge is 2.72. The molecule has 160 valence electrons. The molecule has 3 aliphatic rings. The van der Waals surface area contributed by atoms with Crippen molar-refractivity contribution in [1.82, 2.24) is 4.90 Å². The minimum absolute atomic E-state index is 0.181. The number of para-hydroxylation sites is 1. The number of carbonyl (C=O) groups is 3. The number of rotatable bonds is 3. The normalized spacial score (nSPS) is 28.7. The monoisotopic (exact) mass is 440 g/mol. The van der Waals surface area contributed by atoms with Crippen molar-refractivity contribution in [3.8, 4) is 5.75 Å². The number of amides is 3. The Labute approximate surface area is 184 Å². The molecule has 8 heteroatoms. The van der Waals surface area contributed by atoms with E-state index in [0.717, 1.165) is 10.5 Å². The summed E-state index contributed by atoms with van der Waals surface area (Å²) in [6.07, 6.45) is 0. The molecule has 2 fully saturated rings. The highest BCUT2D eigenvalue weighted by atomic mass is 35.5. The lowest BCUT2D eigenvalue weighted by atomic mass is 9.77. The van der Waals surface area contributed by atoms with Gasteiger partial charge in [-0.15, -0.1) is 0 Å². The summed E-state index contributed by atoms with van der Waals surface area (Å²) in [5.41, 5.74) is -0.245. The molecule has 3 heterocycles. The summed E-state index contributed by atoms with van der Waals surface area (Å²) in [6.45, 7) is 3.77. The van der Waals surface area contributed by atoms with E-state index in [-0.39, 0.29) is 13.2 Å². The summed E-state index contributed by atoms with van der Waals surface area (Å²) in [5.74, 6) is -1.57. The van der Waals surface area contributed by atoms with Crippen molar-refractivity contribution in [2.75, 3.05) is 18.1 Å². The van der Waals surface area contributed by atoms with Crippen molar-refractivity contribution in [1.29, 1.82) is 0 Å². The topological polar surface area (TPSA) is 76.2 Å². The summed E-state index contributed by atoms with van der Waals surface area (Å²) in [6, 6.07) is 13.0. The van der Waals surface area contributed by atoms with Crippen molar-refractivity contribution in [2.45, 2.75) is 25.4 Å². The summed E-state index contributed by atoms with van der Waals surface area (Å²) in [5, 5.41) is 0.409. The van der Waals surface area contributed by atoms with Crippen LogP contribution in [0, 0.1) is 11.8 Å². The average molecular weight is 441 g/mol. The molecule has 3 aliphatic heterocycles. The van der Waals surface area contributed by atoms with Gasteiger partial charge in [0, 0.05) is 16.5 Å². The minimum atomic E-state index is -1.40. The molecule has 0 aliphatic carbocycles. The number of anilines is 1. The van der Waals surface area contributed by atoms with Gasteiger partial charge in [0.25, 0.3) is 5.91 Å². The van der Waals surface area contributed by atoms with Crippen LogP contribution >= 0.6 is 11.6 Å². The predicted molar refractivity (Wildman–Crippen MR) is 113 cm³/mol. The largest absolute Gasteiger partial charge is 0.493 e. The second-order valence-electron chi connectivity index (χ2n) is 8.11. The number of hydrogen-bond acceptors (Lipinski definition) is 5. The predicted octanol–water partition coefficient (Wildman–Crippen LogP) is 3.81. The number of halogens is 1. The molecule has 2 aromatic rings. The number of esters is 1. The third kappa shape index (κ3) is 2.62. The number of benzene rings is 2. The van der Waals surface area contributed by atoms with Crippen LogP contribution in [0.2, 0.25) is 5.02 Å². The van der Waals surface area contributed by atoms with Crippen molar-refractivity contribution < 1.29 is 23.9 Å². The number of carbonyl (C=O) groups excluding carboxylic acids is 3. The number of urea groups is 1. The van der Waals surface area contributed by atoms with Crippen molar-refractivity contribution in [3.63, 3.8) is 0 Å². The molecule has 2 aromatic carbocycles. The van der Waals surface area contributed by atoms with E-state index in [4.69, 9.17) is 21.1 Å². The highest BCUT2D eigenvalue weighted by Crippen LogP contribution is 2.58. The van der Waals surface area contributed by atoms with Crippen LogP contribution in [0.4, 0.5) is 10.5 Å². The summed E-state index contributed by atoms with van der Waals surface area (Å²) < 4.78 is 11.3. The number of ether oxygens (including phenoxy) is 2. The lowest BCUT2D eigenvalue weighted by molar-refractivity contribution is -0.154. The Morgan fingerprint density at radius 3 is 2.74 bits per heavy atom. The maximum absolute atomic E-state index is 13.8. The first kappa shape index (κ1) is 19.9. The quantitative estimate of drug-likeness (QED) is 0.536. The van der Waals surface area contributed by atoms with Gasteiger partial charge in [0.2, 0.25) is 0 Å². The maximum atomic E-state index is 13.8. The van der Waals surface area contributed by atoms with Gasteiger partial charge in [-0.3, -0.25) is 9.59 Å². The molecule has 0 radical (unpaired) electrons. The maximum Gasteiger partial charge on any atom is 0.332 e. The van der Waals surface area contributed by atoms with Crippen LogP contribution in [0.5, 0.6) is 5.75 Å². The second-order valence-corrected chi connectivity index (χ2v) is 8.54. The van der Waals surface area contributed by atoms with E-state index in [1.54, 1.807) is 43.0 Å². The molecule has 31 heavy (non-hydrogen) atoms. The van der Waals surface area contributed by atoms with E-state index in [0.29, 0.717) is 16.5 Å². The Morgan fingerprint density at radius 2 is 2.00 bits per heavy atom. The Morgan fingerprint density at radius 1 is 1.23 bits per heavy atom. The average Bonchev–Trinajstić information content (AvgIpc) is 3.13. The highest BCUT2D eigenvalue weighted by molar-refractivity contribution is 6.31. The Balaban J connectivity index is 1.69. The molecule has 0 spiro atoms. The lowest BCUT2D eigenvalue weighted by Crippen LogP contribution is -2.51. The molecule has 5 rings (SSSR count). The first-order chi connectivity index (χ1) is 14.9. The van der Waals surface area contributed by atoms with Gasteiger partial charge in [-0.1, -0.05) is 35.9 Å². The van der Waals surface area contributed by atoms with Gasteiger partial charge in [-0.25, -0.2) is 9.69 Å². The van der Waals surface area contributed by atoms with E-state index < -0.39 is 41.3 Å². The molecule has 0 aromatic heterocycles. The van der Waals surface area contributed by atoms with Gasteiger partial charge in [-0.2, -0.15) is 0 Å². The number of nitrogens with zero attached hydrogens (tertiary/aromatic N) is 2. The zero-order valence-electron chi connectivity index (χ0n) is 17.1. The van der Waals surface area contributed by atoms with Gasteiger partial charge in [0.1, 0.15) is 11.3 Å². The van der Waals surface area contributed by atoms with Crippen molar-refractivity contribution >= 4 is 35.2 Å². The Hall–Kier alpha value is -3.06. The van der Waals surface area contributed by atoms with Crippen LogP contribution in [0.25, 0.3) is 0 Å². The molecule has 3 amide bonds. The van der Waals surface area contributed by atoms with Gasteiger partial charge in [0.15, 0.2) is 0 Å². The van der Waals surface area contributed by atoms with Gasteiger partial charge >= 0.3 is 12.0 Å². The molecule has 2 saturated heterocycles. The third-order valence-corrected chi connectivity index (χ3v) is 6.76. The van der Waals surface area contributed by atoms with Gasteiger partial charge in [-0.05, 0) is 38.1 Å². The van der Waals surface area contributed by atoms with Gasteiger partial charge < -0.3 is 14.4 Å². The SMILES string of the molecule is CCOC(=O)[C@@H]1[C@H]2COc3ccccc3[C@H]2N2C(=O)N(c3cccc(Cl)c3)C(=O)[C@@]12C. The molecular formula is C23H21ClN2O5. The molecule has 0 unspecified atom stereocenters. The summed E-state index contributed by atoms with van der Waals surface area (Å²) in [4.78, 5) is 43.2. The van der Waals surface area contributed by atoms with Crippen LogP contribution < -0.4 is 9.64 Å². The lowest BCUT2D eigenvalue weighted by Gasteiger charge is -2.34. The van der Waals surface area contributed by atoms with Gasteiger partial charge in [0.05, 0.1) is 30.9 Å². The summed E-state index contributed by atoms with van der Waals surface area (Å²) in [7, 11) is 0. The second kappa shape index (κ2) is 6.99. The minimum Gasteiger partial charge on any atom is -0.493 e. The molecule has 7 nitrogen and oxygen atoms in total. The fraction of sp³-hybridized carbons (Fsp3) is 0.348. The molecule has 0 saturated carbocycles. The number of hydrogen-bond donors (Lipinski definition) is 0. The Kier molecular flexibility index (Phi) is 4.48. The summed E-state index contributed by atoms with van der Waals surface area (Å²) >= 11 is 6.12. The van der Waals surface area contributed by atoms with E-state index in [1.165, 1.54) is 0 Å². The van der Waals surface area contributed by atoms with Crippen LogP contribution in [0.15, 0.2) is 48.5 Å². The smallest absolute Gasteiger partial charge is 0.332 e. The Bertz CT molecular complexity index is 1100. The third-order valence-electron chi connectivity index (χ3n) is 6.53. The first-order valence-corrected chi connectivity index (χ1v) is 10.6. The van der Waals surface area contributed by atoms with E-state index >= 15 is 0 Å². The van der Waals surface area contributed by atoms with Crippen LogP contribution in [-0.4, -0.2) is 41.6 Å². The first-order valence-electron chi connectivity index (χ1n) is 10.2. The zero-order chi connectivity index (χ0) is 21.9. The molecule has 0 N–H and O–H groups in total. The molecule has 4 atom stereocenters. The van der Waals surface area contributed by atoms with Crippen LogP contribution in [-0.2, 0) is 14.3 Å². The van der Waals surface area contributed by atoms with Crippen molar-refractivity contribution in [2.24, 2.45) is 11.8 Å². The van der Waals surface area contributed by atoms with E-state index in [9.17, 15) is 14.4 Å². The molecular weight excluding hydrogens is 420 g/mol. The zero-order valence-corrected chi connectivity index (χ0v) is 17.8. The number of imide groups is 1. The van der Waals surface area contributed by atoms with E-state index in [1.807, 2.05) is 24.3 Å². The molecule has 0 bridgehead atoms. The standard InChI is InChI=1S/C23H21ClN2O5/c1-3-30-20(27)18-16-12-31-17-10-5-4-9-15(17)19(16)26-22(29)25(21(28)23(18,26)2)14-8-6-7-13(24)11-14/h4-11,16,18-19H,3,12H2,1-2H3/t16-,18+,19-,23-/m1/s1.